The summed E-state index contributed by atoms with van der Waals surface area (Å²) >= 11 is 0. The Labute approximate surface area is 142 Å². The Bertz CT molecular complexity index is 902. The molecule has 122 valence electrons. The molecule has 0 bridgehead atoms. The van der Waals surface area contributed by atoms with Gasteiger partial charge in [-0.2, -0.15) is 0 Å². The van der Waals surface area contributed by atoms with E-state index in [4.69, 9.17) is 0 Å². The molecule has 2 aromatic carbocycles. The first-order valence-electron chi connectivity index (χ1n) is 8.32. The van der Waals surface area contributed by atoms with Crippen molar-refractivity contribution in [1.29, 1.82) is 0 Å². The Morgan fingerprint density at radius 3 is 2.33 bits per heavy atom. The molecule has 2 heterocycles. The van der Waals surface area contributed by atoms with E-state index in [1.807, 2.05) is 0 Å². The molecule has 1 aliphatic heterocycles. The van der Waals surface area contributed by atoms with Crippen molar-refractivity contribution in [3.8, 4) is 22.5 Å². The molecule has 4 heteroatoms. The Balaban J connectivity index is 2.11. The third-order valence-corrected chi connectivity index (χ3v) is 4.56. The molecular formula is C20H22N4. The summed E-state index contributed by atoms with van der Waals surface area (Å²) in [6.45, 7) is 7.37. The van der Waals surface area contributed by atoms with Gasteiger partial charge in [0.15, 0.2) is 0 Å². The highest BCUT2D eigenvalue weighted by molar-refractivity contribution is 5.87. The Morgan fingerprint density at radius 1 is 0.917 bits per heavy atom. The van der Waals surface area contributed by atoms with Crippen LogP contribution >= 0.6 is 0 Å². The Kier molecular flexibility index (Phi) is 3.23. The van der Waals surface area contributed by atoms with Crippen LogP contribution in [-0.4, -0.2) is 22.0 Å². The predicted octanol–water partition coefficient (Wildman–Crippen LogP) is 4.32. The lowest BCUT2D eigenvalue weighted by atomic mass is 9.95. The van der Waals surface area contributed by atoms with Crippen LogP contribution in [0.3, 0.4) is 0 Å². The number of anilines is 1. The number of hydrogen-bond acceptors (Lipinski definition) is 3. The van der Waals surface area contributed by atoms with Crippen LogP contribution in [0.1, 0.15) is 26.3 Å². The highest BCUT2D eigenvalue weighted by Gasteiger charge is 2.28. The van der Waals surface area contributed by atoms with Gasteiger partial charge in [-0.1, -0.05) is 47.7 Å². The van der Waals surface area contributed by atoms with Crippen molar-refractivity contribution in [3.05, 3.63) is 54.1 Å². The standard InChI is InChI=1S/C20H22N4/c1-20(2,3)24-19-15-10-6-5-9-14(15)13-23(4)17-12-8-7-11-16(17)18(19)21-22-24/h5-12H,13H2,1-4H3. The summed E-state index contributed by atoms with van der Waals surface area (Å²) in [6, 6.07) is 17.0. The summed E-state index contributed by atoms with van der Waals surface area (Å²) < 4.78 is 2.06. The molecule has 0 saturated carbocycles. The normalized spacial score (nSPS) is 13.6. The molecule has 1 aromatic heterocycles. The van der Waals surface area contributed by atoms with Crippen molar-refractivity contribution in [1.82, 2.24) is 15.0 Å². The van der Waals surface area contributed by atoms with Crippen LogP contribution in [-0.2, 0) is 12.1 Å². The fourth-order valence-electron chi connectivity index (χ4n) is 3.41. The summed E-state index contributed by atoms with van der Waals surface area (Å²) in [7, 11) is 2.13. The minimum atomic E-state index is -0.131. The van der Waals surface area contributed by atoms with Gasteiger partial charge in [0.1, 0.15) is 5.69 Å². The van der Waals surface area contributed by atoms with Crippen LogP contribution in [0.2, 0.25) is 0 Å². The molecule has 4 nitrogen and oxygen atoms in total. The summed E-state index contributed by atoms with van der Waals surface area (Å²) in [6.07, 6.45) is 0. The summed E-state index contributed by atoms with van der Waals surface area (Å²) in [5.74, 6) is 0. The first-order chi connectivity index (χ1) is 11.5. The lowest BCUT2D eigenvalue weighted by Crippen LogP contribution is -2.25. The zero-order valence-electron chi connectivity index (χ0n) is 14.6. The highest BCUT2D eigenvalue weighted by atomic mass is 15.5. The number of benzene rings is 2. The predicted molar refractivity (Wildman–Crippen MR) is 98.0 cm³/mol. The number of rotatable bonds is 0. The molecule has 0 aliphatic carbocycles. The number of para-hydroxylation sites is 1. The fraction of sp³-hybridized carbons (Fsp3) is 0.300. The van der Waals surface area contributed by atoms with Gasteiger partial charge in [-0.15, -0.1) is 5.10 Å². The van der Waals surface area contributed by atoms with Crippen molar-refractivity contribution in [2.24, 2.45) is 0 Å². The zero-order chi connectivity index (χ0) is 16.9. The van der Waals surface area contributed by atoms with E-state index in [-0.39, 0.29) is 5.54 Å². The van der Waals surface area contributed by atoms with E-state index in [1.54, 1.807) is 0 Å². The molecule has 0 radical (unpaired) electrons. The SMILES string of the molecule is CN1Cc2ccccc2-c2c(nnn2C(C)(C)C)-c2ccccc21. The number of hydrogen-bond donors (Lipinski definition) is 0. The Hall–Kier alpha value is -2.62. The van der Waals surface area contributed by atoms with Crippen molar-refractivity contribution in [2.75, 3.05) is 11.9 Å². The van der Waals surface area contributed by atoms with E-state index in [1.165, 1.54) is 16.8 Å². The lowest BCUT2D eigenvalue weighted by Gasteiger charge is -2.28. The smallest absolute Gasteiger partial charge is 0.123 e. The van der Waals surface area contributed by atoms with E-state index >= 15 is 0 Å². The van der Waals surface area contributed by atoms with Gasteiger partial charge in [0.05, 0.1) is 11.2 Å². The maximum absolute atomic E-state index is 4.59. The van der Waals surface area contributed by atoms with Crippen molar-refractivity contribution >= 4 is 5.69 Å². The zero-order valence-corrected chi connectivity index (χ0v) is 14.6. The van der Waals surface area contributed by atoms with Gasteiger partial charge in [-0.05, 0) is 32.4 Å². The van der Waals surface area contributed by atoms with Gasteiger partial charge in [0, 0.05) is 30.4 Å². The van der Waals surface area contributed by atoms with Crippen LogP contribution in [0.15, 0.2) is 48.5 Å². The first-order valence-corrected chi connectivity index (χ1v) is 8.32. The minimum Gasteiger partial charge on any atom is -0.370 e. The quantitative estimate of drug-likeness (QED) is 0.619. The van der Waals surface area contributed by atoms with Crippen LogP contribution in [0, 0.1) is 0 Å². The number of nitrogens with zero attached hydrogens (tertiary/aromatic N) is 4. The molecule has 0 fully saturated rings. The molecule has 0 saturated heterocycles. The average Bonchev–Trinajstić information content (AvgIpc) is 2.99. The van der Waals surface area contributed by atoms with Crippen LogP contribution in [0.5, 0.6) is 0 Å². The second kappa shape index (κ2) is 5.20. The van der Waals surface area contributed by atoms with Crippen molar-refractivity contribution < 1.29 is 0 Å². The van der Waals surface area contributed by atoms with E-state index in [2.05, 4.69) is 96.2 Å². The van der Waals surface area contributed by atoms with Crippen LogP contribution in [0.25, 0.3) is 22.5 Å². The molecule has 0 atom stereocenters. The fourth-order valence-corrected chi connectivity index (χ4v) is 3.41. The molecular weight excluding hydrogens is 296 g/mol. The maximum atomic E-state index is 4.59. The van der Waals surface area contributed by atoms with Gasteiger partial charge in [-0.3, -0.25) is 0 Å². The molecule has 3 aromatic rings. The second-order valence-electron chi connectivity index (χ2n) is 7.40. The van der Waals surface area contributed by atoms with Gasteiger partial charge in [-0.25, -0.2) is 4.68 Å². The molecule has 1 aliphatic rings. The third kappa shape index (κ3) is 2.21. The molecule has 4 rings (SSSR count). The topological polar surface area (TPSA) is 34.0 Å². The minimum absolute atomic E-state index is 0.131. The summed E-state index contributed by atoms with van der Waals surface area (Å²) in [5, 5.41) is 9.11. The maximum Gasteiger partial charge on any atom is 0.123 e. The van der Waals surface area contributed by atoms with Gasteiger partial charge >= 0.3 is 0 Å². The van der Waals surface area contributed by atoms with Crippen LogP contribution < -0.4 is 4.90 Å². The van der Waals surface area contributed by atoms with E-state index in [0.717, 1.165) is 23.5 Å². The molecule has 0 N–H and O–H groups in total. The monoisotopic (exact) mass is 318 g/mol. The summed E-state index contributed by atoms with van der Waals surface area (Å²) in [5.41, 5.74) is 6.78. The first kappa shape index (κ1) is 14.9. The number of fused-ring (bicyclic) bond motifs is 5. The number of aromatic nitrogens is 3. The van der Waals surface area contributed by atoms with Gasteiger partial charge < -0.3 is 4.90 Å². The average molecular weight is 318 g/mol. The molecule has 0 amide bonds. The lowest BCUT2D eigenvalue weighted by molar-refractivity contribution is 0.351. The van der Waals surface area contributed by atoms with Crippen molar-refractivity contribution in [2.45, 2.75) is 32.9 Å². The van der Waals surface area contributed by atoms with E-state index < -0.39 is 0 Å². The Morgan fingerprint density at radius 2 is 1.58 bits per heavy atom. The summed E-state index contributed by atoms with van der Waals surface area (Å²) in [4.78, 5) is 2.28. The third-order valence-electron chi connectivity index (χ3n) is 4.56. The molecule has 24 heavy (non-hydrogen) atoms. The van der Waals surface area contributed by atoms with E-state index in [0.29, 0.717) is 0 Å². The second-order valence-corrected chi connectivity index (χ2v) is 7.40. The molecule has 0 unspecified atom stereocenters. The van der Waals surface area contributed by atoms with Crippen LogP contribution in [0.4, 0.5) is 5.69 Å². The largest absolute Gasteiger partial charge is 0.370 e. The van der Waals surface area contributed by atoms with Gasteiger partial charge in [0.25, 0.3) is 0 Å². The van der Waals surface area contributed by atoms with E-state index in [9.17, 15) is 0 Å². The highest BCUT2D eigenvalue weighted by Crippen LogP contribution is 2.41. The van der Waals surface area contributed by atoms with Crippen molar-refractivity contribution in [3.63, 3.8) is 0 Å². The van der Waals surface area contributed by atoms with Gasteiger partial charge in [0.2, 0.25) is 0 Å². The molecule has 0 spiro atoms.